The molecule has 0 radical (unpaired) electrons. The molecule has 1 N–H and O–H groups in total. The zero-order chi connectivity index (χ0) is 22.8. The number of amides is 1. The van der Waals surface area contributed by atoms with E-state index in [9.17, 15) is 23.2 Å². The van der Waals surface area contributed by atoms with Gasteiger partial charge in [-0.2, -0.15) is 0 Å². The molecule has 11 heteroatoms. The van der Waals surface area contributed by atoms with Gasteiger partial charge in [0.1, 0.15) is 22.9 Å². The average molecular weight is 464 g/mol. The first kappa shape index (κ1) is 22.1. The smallest absolute Gasteiger partial charge is 0.333 e. The van der Waals surface area contributed by atoms with E-state index in [2.05, 4.69) is 15.2 Å². The van der Waals surface area contributed by atoms with E-state index in [1.165, 1.54) is 11.3 Å². The Labute approximate surface area is 186 Å². The summed E-state index contributed by atoms with van der Waals surface area (Å²) in [4.78, 5) is 45.2. The molecule has 1 fully saturated rings. The molecule has 8 nitrogen and oxygen atoms in total. The quantitative estimate of drug-likeness (QED) is 0.607. The molecule has 2 aromatic heterocycles. The third-order valence-corrected chi connectivity index (χ3v) is 6.43. The van der Waals surface area contributed by atoms with Crippen LogP contribution in [0.5, 0.6) is 0 Å². The van der Waals surface area contributed by atoms with Crippen LogP contribution in [-0.4, -0.2) is 33.1 Å². The molecule has 0 spiro atoms. The lowest BCUT2D eigenvalue weighted by molar-refractivity contribution is -0.116. The van der Waals surface area contributed by atoms with Crippen LogP contribution in [0.25, 0.3) is 10.3 Å². The van der Waals surface area contributed by atoms with Crippen LogP contribution in [0.3, 0.4) is 0 Å². The molecule has 0 atom stereocenters. The van der Waals surface area contributed by atoms with Crippen LogP contribution in [0.1, 0.15) is 32.6 Å². The Morgan fingerprint density at radius 1 is 1.16 bits per heavy atom. The fourth-order valence-corrected chi connectivity index (χ4v) is 4.85. The van der Waals surface area contributed by atoms with E-state index < -0.39 is 35.3 Å². The monoisotopic (exact) mass is 463 g/mol. The topological polar surface area (TPSA) is 89.2 Å². The first-order valence-electron chi connectivity index (χ1n) is 10.5. The van der Waals surface area contributed by atoms with Gasteiger partial charge in [-0.3, -0.25) is 18.7 Å². The van der Waals surface area contributed by atoms with Crippen molar-refractivity contribution in [2.75, 3.05) is 23.3 Å². The molecule has 4 rings (SSSR count). The first-order valence-corrected chi connectivity index (χ1v) is 11.3. The molecule has 1 aromatic carbocycles. The van der Waals surface area contributed by atoms with Crippen molar-refractivity contribution >= 4 is 38.4 Å². The van der Waals surface area contributed by atoms with Gasteiger partial charge in [-0.25, -0.2) is 18.6 Å². The fraction of sp³-hybridized carbons (Fsp3) is 0.429. The fourth-order valence-electron chi connectivity index (χ4n) is 3.78. The molecule has 0 saturated carbocycles. The van der Waals surface area contributed by atoms with E-state index in [1.54, 1.807) is 0 Å². The first-order chi connectivity index (χ1) is 15.4. The number of benzene rings is 1. The highest BCUT2D eigenvalue weighted by molar-refractivity contribution is 7.22. The van der Waals surface area contributed by atoms with Crippen LogP contribution >= 0.6 is 11.3 Å². The van der Waals surface area contributed by atoms with E-state index in [1.807, 2.05) is 6.92 Å². The van der Waals surface area contributed by atoms with Gasteiger partial charge in [-0.15, -0.1) is 0 Å². The number of anilines is 2. The Kier molecular flexibility index (Phi) is 6.35. The van der Waals surface area contributed by atoms with Crippen molar-refractivity contribution in [1.29, 1.82) is 0 Å². The summed E-state index contributed by atoms with van der Waals surface area (Å²) in [5.41, 5.74) is -1.28. The van der Waals surface area contributed by atoms with E-state index in [0.717, 1.165) is 59.7 Å². The predicted octanol–water partition coefficient (Wildman–Crippen LogP) is 2.94. The highest BCUT2D eigenvalue weighted by Crippen LogP contribution is 2.28. The maximum absolute atomic E-state index is 13.9. The molecule has 170 valence electrons. The molecule has 3 aromatic rings. The summed E-state index contributed by atoms with van der Waals surface area (Å²) < 4.78 is 29.9. The van der Waals surface area contributed by atoms with Crippen LogP contribution in [0.2, 0.25) is 0 Å². The van der Waals surface area contributed by atoms with Gasteiger partial charge in [0.15, 0.2) is 10.8 Å². The molecule has 0 bridgehead atoms. The van der Waals surface area contributed by atoms with Crippen molar-refractivity contribution in [3.05, 3.63) is 50.7 Å². The summed E-state index contributed by atoms with van der Waals surface area (Å²) >= 11 is 1.21. The second-order valence-electron chi connectivity index (χ2n) is 7.69. The lowest BCUT2D eigenvalue weighted by atomic mass is 10.1. The Balaban J connectivity index is 1.75. The second-order valence-corrected chi connectivity index (χ2v) is 8.67. The molecule has 1 aliphatic heterocycles. The number of piperidine rings is 1. The van der Waals surface area contributed by atoms with Crippen LogP contribution in [0.15, 0.2) is 27.8 Å². The number of hydrogen-bond donors (Lipinski definition) is 1. The minimum absolute atomic E-state index is 0.132. The molecule has 3 heterocycles. The van der Waals surface area contributed by atoms with E-state index in [4.69, 9.17) is 0 Å². The number of aromatic nitrogens is 3. The van der Waals surface area contributed by atoms with Crippen molar-refractivity contribution in [3.63, 3.8) is 0 Å². The zero-order valence-electron chi connectivity index (χ0n) is 17.6. The Morgan fingerprint density at radius 2 is 1.91 bits per heavy atom. The number of carbonyl (C=O) groups is 1. The normalized spacial score (nSPS) is 14.2. The SMILES string of the molecule is CCCn1c(=O)c2sc(N3CCCCC3)nc2n(CC(=O)Nc2cc(F)ccc2F)c1=O. The summed E-state index contributed by atoms with van der Waals surface area (Å²) in [5.74, 6) is -2.23. The van der Waals surface area contributed by atoms with Crippen molar-refractivity contribution in [2.45, 2.75) is 45.7 Å². The minimum atomic E-state index is -0.797. The molecular formula is C21H23F2N5O3S. The van der Waals surface area contributed by atoms with Gasteiger partial charge in [0, 0.05) is 25.7 Å². The summed E-state index contributed by atoms with van der Waals surface area (Å²) in [6.45, 7) is 3.17. The Bertz CT molecular complexity index is 1280. The van der Waals surface area contributed by atoms with Gasteiger partial charge in [0.25, 0.3) is 5.56 Å². The van der Waals surface area contributed by atoms with Crippen molar-refractivity contribution in [1.82, 2.24) is 14.1 Å². The second kappa shape index (κ2) is 9.19. The lowest BCUT2D eigenvalue weighted by Gasteiger charge is -2.25. The van der Waals surface area contributed by atoms with Gasteiger partial charge < -0.3 is 10.2 Å². The number of nitrogens with one attached hydrogen (secondary N) is 1. The summed E-state index contributed by atoms with van der Waals surface area (Å²) in [5, 5.41) is 2.93. The molecule has 0 unspecified atom stereocenters. The highest BCUT2D eigenvalue weighted by atomic mass is 32.1. The van der Waals surface area contributed by atoms with Gasteiger partial charge in [-0.1, -0.05) is 18.3 Å². The zero-order valence-corrected chi connectivity index (χ0v) is 18.4. The van der Waals surface area contributed by atoms with Crippen LogP contribution < -0.4 is 21.5 Å². The number of rotatable bonds is 6. The van der Waals surface area contributed by atoms with Gasteiger partial charge >= 0.3 is 5.69 Å². The van der Waals surface area contributed by atoms with Gasteiger partial charge in [0.05, 0.1) is 5.69 Å². The third-order valence-electron chi connectivity index (χ3n) is 5.33. The van der Waals surface area contributed by atoms with E-state index in [0.29, 0.717) is 16.3 Å². The molecule has 1 amide bonds. The standard InChI is InChI=1S/C21H23F2N5O3S/c1-2-8-27-19(30)17-18(25-20(32-17)26-9-4-3-5-10-26)28(21(27)31)12-16(29)24-15-11-13(22)6-7-14(15)23/h6-7,11H,2-5,8-10,12H2,1H3,(H,24,29). The van der Waals surface area contributed by atoms with Crippen molar-refractivity contribution < 1.29 is 13.6 Å². The Hall–Kier alpha value is -3.08. The molecule has 1 aliphatic rings. The average Bonchev–Trinajstić information content (AvgIpc) is 3.23. The summed E-state index contributed by atoms with van der Waals surface area (Å²) in [6.07, 6.45) is 3.72. The number of carbonyl (C=O) groups excluding carboxylic acids is 1. The molecular weight excluding hydrogens is 440 g/mol. The molecule has 32 heavy (non-hydrogen) atoms. The summed E-state index contributed by atoms with van der Waals surface area (Å²) in [7, 11) is 0. The Morgan fingerprint density at radius 3 is 2.62 bits per heavy atom. The van der Waals surface area contributed by atoms with Gasteiger partial charge in [-0.05, 0) is 37.8 Å². The van der Waals surface area contributed by atoms with Crippen LogP contribution in [0.4, 0.5) is 19.6 Å². The van der Waals surface area contributed by atoms with E-state index in [-0.39, 0.29) is 17.9 Å². The predicted molar refractivity (Wildman–Crippen MR) is 119 cm³/mol. The summed E-state index contributed by atoms with van der Waals surface area (Å²) in [6, 6.07) is 2.71. The third kappa shape index (κ3) is 4.29. The van der Waals surface area contributed by atoms with Gasteiger partial charge in [0.2, 0.25) is 5.91 Å². The number of halogens is 2. The maximum Gasteiger partial charge on any atom is 0.333 e. The minimum Gasteiger partial charge on any atom is -0.348 e. The number of nitrogens with zero attached hydrogens (tertiary/aromatic N) is 4. The lowest BCUT2D eigenvalue weighted by Crippen LogP contribution is -2.41. The largest absolute Gasteiger partial charge is 0.348 e. The molecule has 0 aliphatic carbocycles. The van der Waals surface area contributed by atoms with Crippen molar-refractivity contribution in [2.24, 2.45) is 0 Å². The van der Waals surface area contributed by atoms with E-state index >= 15 is 0 Å². The number of hydrogen-bond acceptors (Lipinski definition) is 6. The number of thiazole rings is 1. The van der Waals surface area contributed by atoms with Crippen LogP contribution in [-0.2, 0) is 17.9 Å². The van der Waals surface area contributed by atoms with Crippen LogP contribution in [0, 0.1) is 11.6 Å². The molecule has 1 saturated heterocycles. The maximum atomic E-state index is 13.9. The van der Waals surface area contributed by atoms with Crippen molar-refractivity contribution in [3.8, 4) is 0 Å². The number of fused-ring (bicyclic) bond motifs is 1. The highest BCUT2D eigenvalue weighted by Gasteiger charge is 2.22.